The molecule has 2 heterocycles. The number of carbonyl (C=O) groups excluding carboxylic acids is 3. The van der Waals surface area contributed by atoms with Gasteiger partial charge in [0.15, 0.2) is 6.61 Å². The Bertz CT molecular complexity index is 1160. The van der Waals surface area contributed by atoms with Crippen LogP contribution < -0.4 is 16.2 Å². The van der Waals surface area contributed by atoms with Crippen molar-refractivity contribution in [1.82, 2.24) is 20.2 Å². The highest BCUT2D eigenvalue weighted by molar-refractivity contribution is 5.98. The van der Waals surface area contributed by atoms with E-state index in [1.807, 2.05) is 0 Å². The predicted octanol–water partition coefficient (Wildman–Crippen LogP) is 2.93. The van der Waals surface area contributed by atoms with Crippen LogP contribution in [0.5, 0.6) is 0 Å². The molecule has 1 aromatic heterocycles. The molecular weight excluding hydrogens is 436 g/mol. The average Bonchev–Trinajstić information content (AvgIpc) is 3.06. The SMILES string of the molecule is C[C@H]1[C@H](C)CCC[C@@H]1NC(=O)NC(=O)COC(=O)c1ccc2c(=O)n3c(nc2c1)CCCCC3. The number of hydrogen-bond donors (Lipinski definition) is 2. The molecule has 1 aromatic carbocycles. The minimum atomic E-state index is -0.718. The lowest BCUT2D eigenvalue weighted by atomic mass is 9.78. The molecule has 0 bridgehead atoms. The molecule has 3 atom stereocenters. The van der Waals surface area contributed by atoms with E-state index in [-0.39, 0.29) is 17.2 Å². The minimum absolute atomic E-state index is 0.0170. The van der Waals surface area contributed by atoms with Gasteiger partial charge in [0, 0.05) is 19.0 Å². The molecule has 1 fully saturated rings. The number of esters is 1. The molecule has 3 amide bonds. The molecule has 2 aromatic rings. The van der Waals surface area contributed by atoms with E-state index in [1.54, 1.807) is 10.6 Å². The van der Waals surface area contributed by atoms with Crippen molar-refractivity contribution in [3.05, 3.63) is 39.9 Å². The number of urea groups is 1. The van der Waals surface area contributed by atoms with Crippen molar-refractivity contribution in [3.8, 4) is 0 Å². The highest BCUT2D eigenvalue weighted by Crippen LogP contribution is 2.29. The Kier molecular flexibility index (Phi) is 7.29. The fraction of sp³-hybridized carbons (Fsp3) is 0.560. The molecule has 2 N–H and O–H groups in total. The molecule has 9 heteroatoms. The first-order valence-electron chi connectivity index (χ1n) is 12.1. The first-order chi connectivity index (χ1) is 16.3. The van der Waals surface area contributed by atoms with Gasteiger partial charge >= 0.3 is 12.0 Å². The molecule has 0 unspecified atom stereocenters. The summed E-state index contributed by atoms with van der Waals surface area (Å²) in [6.07, 6.45) is 6.75. The monoisotopic (exact) mass is 468 g/mol. The summed E-state index contributed by atoms with van der Waals surface area (Å²) < 4.78 is 6.81. The second-order valence-electron chi connectivity index (χ2n) is 9.50. The van der Waals surface area contributed by atoms with Crippen LogP contribution in [0.3, 0.4) is 0 Å². The molecule has 9 nitrogen and oxygen atoms in total. The Morgan fingerprint density at radius 3 is 2.76 bits per heavy atom. The normalized spacial score (nSPS) is 22.4. The van der Waals surface area contributed by atoms with E-state index >= 15 is 0 Å². The van der Waals surface area contributed by atoms with Gasteiger partial charge in [-0.3, -0.25) is 19.5 Å². The number of benzene rings is 1. The van der Waals surface area contributed by atoms with Crippen molar-refractivity contribution in [1.29, 1.82) is 0 Å². The topological polar surface area (TPSA) is 119 Å². The summed E-state index contributed by atoms with van der Waals surface area (Å²) >= 11 is 0. The summed E-state index contributed by atoms with van der Waals surface area (Å²) in [6, 6.07) is 4.01. The first-order valence-corrected chi connectivity index (χ1v) is 12.1. The van der Waals surface area contributed by atoms with Crippen LogP contribution in [0, 0.1) is 11.8 Å². The number of ether oxygens (including phenoxy) is 1. The van der Waals surface area contributed by atoms with Crippen molar-refractivity contribution in [2.45, 2.75) is 71.4 Å². The van der Waals surface area contributed by atoms with E-state index in [9.17, 15) is 19.2 Å². The number of nitrogens with zero attached hydrogens (tertiary/aromatic N) is 2. The number of amides is 3. The van der Waals surface area contributed by atoms with Crippen molar-refractivity contribution < 1.29 is 19.1 Å². The van der Waals surface area contributed by atoms with Crippen molar-refractivity contribution in [2.24, 2.45) is 11.8 Å². The number of aromatic nitrogens is 2. The molecule has 1 saturated carbocycles. The molecule has 0 spiro atoms. The van der Waals surface area contributed by atoms with Crippen molar-refractivity contribution in [2.75, 3.05) is 6.61 Å². The lowest BCUT2D eigenvalue weighted by Gasteiger charge is -2.34. The van der Waals surface area contributed by atoms with Crippen LogP contribution in [-0.4, -0.2) is 40.1 Å². The number of hydrogen-bond acceptors (Lipinski definition) is 6. The third-order valence-electron chi connectivity index (χ3n) is 7.16. The van der Waals surface area contributed by atoms with E-state index in [4.69, 9.17) is 4.74 Å². The third-order valence-corrected chi connectivity index (χ3v) is 7.16. The lowest BCUT2D eigenvalue weighted by molar-refractivity contribution is -0.123. The smallest absolute Gasteiger partial charge is 0.338 e. The largest absolute Gasteiger partial charge is 0.452 e. The maximum Gasteiger partial charge on any atom is 0.338 e. The highest BCUT2D eigenvalue weighted by atomic mass is 16.5. The summed E-state index contributed by atoms with van der Waals surface area (Å²) in [6.45, 7) is 4.34. The number of aryl methyl sites for hydroxylation is 1. The Balaban J connectivity index is 1.35. The van der Waals surface area contributed by atoms with Crippen LogP contribution in [0.25, 0.3) is 10.9 Å². The molecular formula is C25H32N4O5. The maximum atomic E-state index is 12.8. The van der Waals surface area contributed by atoms with Gasteiger partial charge in [0.25, 0.3) is 11.5 Å². The molecule has 2 aliphatic rings. The molecule has 0 radical (unpaired) electrons. The van der Waals surface area contributed by atoms with Gasteiger partial charge in [0.2, 0.25) is 0 Å². The van der Waals surface area contributed by atoms with Gasteiger partial charge in [-0.25, -0.2) is 14.6 Å². The number of rotatable bonds is 4. The van der Waals surface area contributed by atoms with Crippen LogP contribution in [0.1, 0.15) is 68.6 Å². The number of imide groups is 1. The zero-order chi connectivity index (χ0) is 24.2. The fourth-order valence-corrected chi connectivity index (χ4v) is 4.91. The zero-order valence-electron chi connectivity index (χ0n) is 19.8. The van der Waals surface area contributed by atoms with E-state index in [0.717, 1.165) is 50.8 Å². The van der Waals surface area contributed by atoms with Gasteiger partial charge in [0.05, 0.1) is 16.5 Å². The van der Waals surface area contributed by atoms with Gasteiger partial charge in [-0.2, -0.15) is 0 Å². The second-order valence-corrected chi connectivity index (χ2v) is 9.50. The van der Waals surface area contributed by atoms with Crippen LogP contribution in [0.2, 0.25) is 0 Å². The summed E-state index contributed by atoms with van der Waals surface area (Å²) in [5, 5.41) is 5.52. The van der Waals surface area contributed by atoms with Gasteiger partial charge < -0.3 is 10.1 Å². The van der Waals surface area contributed by atoms with Gasteiger partial charge in [0.1, 0.15) is 5.82 Å². The molecule has 1 aliphatic carbocycles. The first kappa shape index (κ1) is 23.9. The quantitative estimate of drug-likeness (QED) is 0.666. The Hall–Kier alpha value is -3.23. The van der Waals surface area contributed by atoms with Crippen LogP contribution in [-0.2, 0) is 22.5 Å². The summed E-state index contributed by atoms with van der Waals surface area (Å²) in [5.74, 6) is 0.150. The number of carbonyl (C=O) groups is 3. The third kappa shape index (κ3) is 5.29. The molecule has 0 saturated heterocycles. The van der Waals surface area contributed by atoms with E-state index in [1.165, 1.54) is 12.1 Å². The molecule has 182 valence electrons. The van der Waals surface area contributed by atoms with E-state index in [0.29, 0.717) is 29.3 Å². The number of fused-ring (bicyclic) bond motifs is 2. The average molecular weight is 469 g/mol. The highest BCUT2D eigenvalue weighted by Gasteiger charge is 2.28. The van der Waals surface area contributed by atoms with Gasteiger partial charge in [-0.05, 0) is 49.3 Å². The Labute approximate surface area is 198 Å². The maximum absolute atomic E-state index is 12.8. The standard InChI is InChI=1S/C25H32N4O5/c1-15-7-6-8-19(16(15)2)27-25(33)28-22(30)14-34-24(32)17-10-11-18-20(13-17)26-21-9-4-3-5-12-29(21)23(18)31/h10-11,13,15-16,19H,3-9,12,14H2,1-2H3,(H2,27,28,30,33)/t15-,16+,19+/m1/s1. The Morgan fingerprint density at radius 2 is 1.94 bits per heavy atom. The zero-order valence-corrected chi connectivity index (χ0v) is 19.8. The lowest BCUT2D eigenvalue weighted by Crippen LogP contribution is -2.49. The van der Waals surface area contributed by atoms with Crippen molar-refractivity contribution in [3.63, 3.8) is 0 Å². The summed E-state index contributed by atoms with van der Waals surface area (Å²) in [4.78, 5) is 54.2. The second kappa shape index (κ2) is 10.4. The molecule has 4 rings (SSSR count). The van der Waals surface area contributed by atoms with Crippen molar-refractivity contribution >= 4 is 28.8 Å². The summed E-state index contributed by atoms with van der Waals surface area (Å²) in [7, 11) is 0. The Morgan fingerprint density at radius 1 is 1.12 bits per heavy atom. The van der Waals surface area contributed by atoms with Gasteiger partial charge in [-0.1, -0.05) is 33.1 Å². The van der Waals surface area contributed by atoms with Gasteiger partial charge in [-0.15, -0.1) is 0 Å². The molecule has 34 heavy (non-hydrogen) atoms. The van der Waals surface area contributed by atoms with E-state index in [2.05, 4.69) is 29.5 Å². The van der Waals surface area contributed by atoms with E-state index < -0.39 is 24.5 Å². The van der Waals surface area contributed by atoms with Crippen LogP contribution in [0.15, 0.2) is 23.0 Å². The predicted molar refractivity (Wildman–Crippen MR) is 126 cm³/mol. The number of nitrogens with one attached hydrogen (secondary N) is 2. The molecule has 1 aliphatic heterocycles. The van der Waals surface area contributed by atoms with Crippen LogP contribution >= 0.6 is 0 Å². The summed E-state index contributed by atoms with van der Waals surface area (Å²) in [5.41, 5.74) is 0.529. The van der Waals surface area contributed by atoms with Crippen LogP contribution in [0.4, 0.5) is 4.79 Å². The minimum Gasteiger partial charge on any atom is -0.452 e. The fourth-order valence-electron chi connectivity index (χ4n) is 4.91.